The Hall–Kier alpha value is -1.90. The van der Waals surface area contributed by atoms with Gasteiger partial charge < -0.3 is 4.74 Å². The average molecular weight is 256 g/mol. The van der Waals surface area contributed by atoms with E-state index in [1.54, 1.807) is 0 Å². The highest BCUT2D eigenvalue weighted by Crippen LogP contribution is 2.43. The van der Waals surface area contributed by atoms with Gasteiger partial charge >= 0.3 is 5.97 Å². The normalized spacial score (nSPS) is 27.5. The third-order valence-corrected chi connectivity index (χ3v) is 4.03. The first-order valence-corrected chi connectivity index (χ1v) is 6.67. The molecule has 3 nitrogen and oxygen atoms in total. The van der Waals surface area contributed by atoms with Crippen LogP contribution in [0.3, 0.4) is 0 Å². The molecule has 0 spiro atoms. The Balaban J connectivity index is 1.56. The molecular weight excluding hydrogens is 240 g/mol. The van der Waals surface area contributed by atoms with Crippen molar-refractivity contribution in [2.24, 2.45) is 17.8 Å². The van der Waals surface area contributed by atoms with Gasteiger partial charge in [-0.05, 0) is 30.2 Å². The molecule has 2 aliphatic rings. The number of Topliss-reactive ketones (excluding diaryl/α,β-unsaturated/α-hetero) is 1. The van der Waals surface area contributed by atoms with E-state index in [0.29, 0.717) is 5.92 Å². The van der Waals surface area contributed by atoms with E-state index in [2.05, 4.69) is 12.2 Å². The Morgan fingerprint density at radius 3 is 2.53 bits per heavy atom. The molecule has 2 aliphatic carbocycles. The van der Waals surface area contributed by atoms with E-state index in [9.17, 15) is 9.59 Å². The average Bonchev–Trinajstić information content (AvgIpc) is 3.07. The van der Waals surface area contributed by atoms with Crippen LogP contribution in [0.15, 0.2) is 42.5 Å². The molecule has 2 bridgehead atoms. The molecule has 1 aromatic carbocycles. The maximum atomic E-state index is 12.0. The summed E-state index contributed by atoms with van der Waals surface area (Å²) >= 11 is 0. The van der Waals surface area contributed by atoms with Gasteiger partial charge in [-0.25, -0.2) is 4.79 Å². The van der Waals surface area contributed by atoms with E-state index in [1.165, 1.54) is 0 Å². The van der Waals surface area contributed by atoms with Gasteiger partial charge in [0.2, 0.25) is 5.78 Å². The smallest absolute Gasteiger partial charge is 0.375 e. The molecular formula is C16H16O3. The number of carbonyl (C=O) groups is 2. The molecule has 3 unspecified atom stereocenters. The zero-order valence-corrected chi connectivity index (χ0v) is 10.6. The third-order valence-electron chi connectivity index (χ3n) is 4.03. The molecule has 0 saturated heterocycles. The largest absolute Gasteiger partial charge is 0.455 e. The summed E-state index contributed by atoms with van der Waals surface area (Å²) in [5, 5.41) is 0. The van der Waals surface area contributed by atoms with Crippen LogP contribution in [-0.4, -0.2) is 11.8 Å². The summed E-state index contributed by atoms with van der Waals surface area (Å²) in [6, 6.07) is 9.41. The highest BCUT2D eigenvalue weighted by molar-refractivity contribution is 6.34. The predicted octanol–water partition coefficient (Wildman–Crippen LogP) is 2.51. The molecule has 1 fully saturated rings. The molecule has 3 heteroatoms. The Bertz CT molecular complexity index is 518. The molecule has 0 radical (unpaired) electrons. The van der Waals surface area contributed by atoms with Crippen LogP contribution in [0.1, 0.15) is 18.4 Å². The molecule has 19 heavy (non-hydrogen) atoms. The number of rotatable bonds is 4. The van der Waals surface area contributed by atoms with Crippen molar-refractivity contribution in [1.29, 1.82) is 0 Å². The van der Waals surface area contributed by atoms with Crippen molar-refractivity contribution in [2.75, 3.05) is 0 Å². The SMILES string of the molecule is O=C(OCc1ccccc1)C(=O)C1CC2C=CC1C2. The molecule has 3 atom stereocenters. The van der Waals surface area contributed by atoms with Crippen molar-refractivity contribution >= 4 is 11.8 Å². The lowest BCUT2D eigenvalue weighted by atomic mass is 9.90. The van der Waals surface area contributed by atoms with Crippen LogP contribution in [-0.2, 0) is 20.9 Å². The minimum Gasteiger partial charge on any atom is -0.455 e. The number of allylic oxidation sites excluding steroid dienone is 2. The van der Waals surface area contributed by atoms with Crippen molar-refractivity contribution in [3.8, 4) is 0 Å². The van der Waals surface area contributed by atoms with Crippen LogP contribution in [0, 0.1) is 17.8 Å². The van der Waals surface area contributed by atoms with Gasteiger partial charge in [-0.15, -0.1) is 0 Å². The Morgan fingerprint density at radius 1 is 1.11 bits per heavy atom. The highest BCUT2D eigenvalue weighted by Gasteiger charge is 2.42. The van der Waals surface area contributed by atoms with E-state index in [1.807, 2.05) is 30.3 Å². The Labute approximate surface area is 112 Å². The van der Waals surface area contributed by atoms with E-state index < -0.39 is 5.97 Å². The summed E-state index contributed by atoms with van der Waals surface area (Å²) in [7, 11) is 0. The minimum atomic E-state index is -0.685. The van der Waals surface area contributed by atoms with Crippen LogP contribution in [0.5, 0.6) is 0 Å². The maximum absolute atomic E-state index is 12.0. The van der Waals surface area contributed by atoms with Gasteiger partial charge in [0, 0.05) is 5.92 Å². The van der Waals surface area contributed by atoms with Gasteiger partial charge in [0.1, 0.15) is 6.61 Å². The number of carbonyl (C=O) groups excluding carboxylic acids is 2. The zero-order valence-electron chi connectivity index (χ0n) is 10.6. The fourth-order valence-corrected chi connectivity index (χ4v) is 3.03. The van der Waals surface area contributed by atoms with E-state index in [4.69, 9.17) is 4.74 Å². The van der Waals surface area contributed by atoms with Gasteiger partial charge in [0.05, 0.1) is 0 Å². The number of esters is 1. The van der Waals surface area contributed by atoms with E-state index in [-0.39, 0.29) is 24.2 Å². The highest BCUT2D eigenvalue weighted by atomic mass is 16.5. The lowest BCUT2D eigenvalue weighted by molar-refractivity contribution is -0.157. The second kappa shape index (κ2) is 5.00. The van der Waals surface area contributed by atoms with Gasteiger partial charge in [-0.1, -0.05) is 42.5 Å². The molecule has 1 aromatic rings. The second-order valence-corrected chi connectivity index (χ2v) is 5.31. The van der Waals surface area contributed by atoms with Crippen LogP contribution < -0.4 is 0 Å². The zero-order chi connectivity index (χ0) is 13.2. The van der Waals surface area contributed by atoms with Gasteiger partial charge in [-0.2, -0.15) is 0 Å². The van der Waals surface area contributed by atoms with Crippen LogP contribution in [0.25, 0.3) is 0 Å². The van der Waals surface area contributed by atoms with Crippen LogP contribution in [0.4, 0.5) is 0 Å². The third kappa shape index (κ3) is 2.46. The van der Waals surface area contributed by atoms with Crippen molar-refractivity contribution in [3.63, 3.8) is 0 Å². The Kier molecular flexibility index (Phi) is 3.20. The van der Waals surface area contributed by atoms with Gasteiger partial charge in [0.25, 0.3) is 0 Å². The number of ether oxygens (including phenoxy) is 1. The van der Waals surface area contributed by atoms with Crippen molar-refractivity contribution in [3.05, 3.63) is 48.0 Å². The van der Waals surface area contributed by atoms with Crippen molar-refractivity contribution in [2.45, 2.75) is 19.4 Å². The molecule has 0 aliphatic heterocycles. The van der Waals surface area contributed by atoms with Crippen molar-refractivity contribution < 1.29 is 14.3 Å². The first-order chi connectivity index (χ1) is 9.24. The lowest BCUT2D eigenvalue weighted by Crippen LogP contribution is -2.28. The molecule has 0 aromatic heterocycles. The molecule has 98 valence electrons. The standard InChI is InChI=1S/C16H16O3/c17-15(14-9-12-6-7-13(14)8-12)16(18)19-10-11-4-2-1-3-5-11/h1-7,12-14H,8-10H2. The number of ketones is 1. The monoisotopic (exact) mass is 256 g/mol. The molecule has 1 saturated carbocycles. The molecule has 0 heterocycles. The molecule has 0 amide bonds. The lowest BCUT2D eigenvalue weighted by Gasteiger charge is -2.15. The fraction of sp³-hybridized carbons (Fsp3) is 0.375. The molecule has 0 N–H and O–H groups in total. The van der Waals surface area contributed by atoms with E-state index in [0.717, 1.165) is 18.4 Å². The van der Waals surface area contributed by atoms with Crippen molar-refractivity contribution in [1.82, 2.24) is 0 Å². The first-order valence-electron chi connectivity index (χ1n) is 6.67. The van der Waals surface area contributed by atoms with Crippen LogP contribution in [0.2, 0.25) is 0 Å². The summed E-state index contributed by atoms with van der Waals surface area (Å²) < 4.78 is 5.10. The number of hydrogen-bond donors (Lipinski definition) is 0. The quantitative estimate of drug-likeness (QED) is 0.472. The minimum absolute atomic E-state index is 0.154. The number of hydrogen-bond acceptors (Lipinski definition) is 3. The summed E-state index contributed by atoms with van der Waals surface area (Å²) in [6.07, 6.45) is 6.05. The topological polar surface area (TPSA) is 43.4 Å². The van der Waals surface area contributed by atoms with Gasteiger partial charge in [-0.3, -0.25) is 4.79 Å². The Morgan fingerprint density at radius 2 is 1.89 bits per heavy atom. The van der Waals surface area contributed by atoms with Crippen LogP contribution >= 0.6 is 0 Å². The summed E-state index contributed by atoms with van der Waals surface area (Å²) in [5.41, 5.74) is 0.900. The fourth-order valence-electron chi connectivity index (χ4n) is 3.03. The second-order valence-electron chi connectivity index (χ2n) is 5.31. The number of fused-ring (bicyclic) bond motifs is 2. The van der Waals surface area contributed by atoms with Gasteiger partial charge in [0.15, 0.2) is 0 Å². The summed E-state index contributed by atoms with van der Waals surface area (Å²) in [4.78, 5) is 23.8. The summed E-state index contributed by atoms with van der Waals surface area (Å²) in [5.74, 6) is -0.455. The molecule has 3 rings (SSSR count). The van der Waals surface area contributed by atoms with E-state index >= 15 is 0 Å². The predicted molar refractivity (Wildman–Crippen MR) is 70.1 cm³/mol. The maximum Gasteiger partial charge on any atom is 0.375 e. The first kappa shape index (κ1) is 12.2. The summed E-state index contributed by atoms with van der Waals surface area (Å²) in [6.45, 7) is 0.169. The number of benzene rings is 1.